The van der Waals surface area contributed by atoms with E-state index in [2.05, 4.69) is 20.2 Å². The van der Waals surface area contributed by atoms with Gasteiger partial charge in [0.15, 0.2) is 0 Å². The van der Waals surface area contributed by atoms with E-state index in [9.17, 15) is 13.2 Å². The zero-order chi connectivity index (χ0) is 20.9. The molecule has 148 valence electrons. The Labute approximate surface area is 173 Å². The number of nitrogens with one attached hydrogen (secondary N) is 2. The van der Waals surface area contributed by atoms with Crippen LogP contribution in [0, 0.1) is 0 Å². The molecule has 0 aliphatic carbocycles. The summed E-state index contributed by atoms with van der Waals surface area (Å²) in [5, 5.41) is 4.53. The maximum Gasteiger partial charge on any atom is 0.271 e. The van der Waals surface area contributed by atoms with Crippen LogP contribution in [0.1, 0.15) is 22.8 Å². The van der Waals surface area contributed by atoms with E-state index in [1.54, 1.807) is 49.6 Å². The zero-order valence-electron chi connectivity index (χ0n) is 15.3. The molecule has 0 spiro atoms. The van der Waals surface area contributed by atoms with E-state index in [1.165, 1.54) is 24.3 Å². The van der Waals surface area contributed by atoms with Crippen LogP contribution in [0.4, 0.5) is 5.69 Å². The van der Waals surface area contributed by atoms with E-state index in [0.717, 1.165) is 5.56 Å². The van der Waals surface area contributed by atoms with Crippen molar-refractivity contribution in [3.05, 3.63) is 89.2 Å². The third kappa shape index (κ3) is 5.40. The van der Waals surface area contributed by atoms with Crippen LogP contribution in [0.25, 0.3) is 0 Å². The molecule has 2 aromatic carbocycles. The number of benzene rings is 2. The molecule has 29 heavy (non-hydrogen) atoms. The molecular weight excluding hydrogens is 412 g/mol. The van der Waals surface area contributed by atoms with Gasteiger partial charge in [0, 0.05) is 34.2 Å². The summed E-state index contributed by atoms with van der Waals surface area (Å²) in [5.41, 5.74) is 4.27. The van der Waals surface area contributed by atoms with Gasteiger partial charge < -0.3 is 0 Å². The highest BCUT2D eigenvalue weighted by Gasteiger charge is 2.16. The lowest BCUT2D eigenvalue weighted by atomic mass is 10.2. The molecular formula is C20H17ClN4O3S. The van der Waals surface area contributed by atoms with Gasteiger partial charge in [-0.15, -0.1) is 0 Å². The van der Waals surface area contributed by atoms with E-state index in [4.69, 9.17) is 11.6 Å². The Morgan fingerprint density at radius 2 is 1.76 bits per heavy atom. The summed E-state index contributed by atoms with van der Waals surface area (Å²) in [6.45, 7) is 1.73. The second kappa shape index (κ2) is 8.85. The van der Waals surface area contributed by atoms with Gasteiger partial charge in [-0.2, -0.15) is 5.10 Å². The Balaban J connectivity index is 1.76. The lowest BCUT2D eigenvalue weighted by molar-refractivity contribution is 0.0954. The molecule has 2 N–H and O–H groups in total. The van der Waals surface area contributed by atoms with Crippen LogP contribution in [0.15, 0.2) is 83.1 Å². The molecule has 0 radical (unpaired) electrons. The molecule has 3 rings (SSSR count). The van der Waals surface area contributed by atoms with Crippen molar-refractivity contribution in [3.63, 3.8) is 0 Å². The molecule has 1 amide bonds. The summed E-state index contributed by atoms with van der Waals surface area (Å²) in [5.74, 6) is -0.531. The van der Waals surface area contributed by atoms with E-state index in [1.807, 2.05) is 6.07 Å². The topological polar surface area (TPSA) is 101 Å². The first-order chi connectivity index (χ1) is 13.8. The Morgan fingerprint density at radius 1 is 1.03 bits per heavy atom. The average molecular weight is 429 g/mol. The number of sulfonamides is 1. The highest BCUT2D eigenvalue weighted by molar-refractivity contribution is 7.92. The molecule has 0 unspecified atom stereocenters. The number of hydrazone groups is 1. The lowest BCUT2D eigenvalue weighted by Gasteiger charge is -2.09. The summed E-state index contributed by atoms with van der Waals surface area (Å²) in [4.78, 5) is 16.3. The van der Waals surface area contributed by atoms with Gasteiger partial charge in [0.1, 0.15) is 0 Å². The summed E-state index contributed by atoms with van der Waals surface area (Å²) in [6, 6.07) is 15.5. The number of nitrogens with zero attached hydrogens (tertiary/aromatic N) is 2. The standard InChI is InChI=1S/C20H17ClN4O3S/c1-14(16-5-3-11-22-13-16)23-24-20(26)15-4-2-6-19(12-15)29(27,28)25-18-9-7-17(21)8-10-18/h2-13,25H,1H3,(H,24,26)/b23-14-. The highest BCUT2D eigenvalue weighted by atomic mass is 35.5. The van der Waals surface area contributed by atoms with Crippen LogP contribution < -0.4 is 10.1 Å². The molecule has 1 heterocycles. The van der Waals surface area contributed by atoms with Gasteiger partial charge in [0.05, 0.1) is 10.6 Å². The number of halogens is 1. The number of carbonyl (C=O) groups excluding carboxylic acids is 1. The Bertz CT molecular complexity index is 1150. The largest absolute Gasteiger partial charge is 0.280 e. The molecule has 0 aliphatic heterocycles. The fourth-order valence-electron chi connectivity index (χ4n) is 2.38. The van der Waals surface area contributed by atoms with Crippen LogP contribution in [-0.2, 0) is 10.0 Å². The summed E-state index contributed by atoms with van der Waals surface area (Å²) in [7, 11) is -3.87. The fourth-order valence-corrected chi connectivity index (χ4v) is 3.61. The van der Waals surface area contributed by atoms with Crippen molar-refractivity contribution < 1.29 is 13.2 Å². The van der Waals surface area contributed by atoms with Gasteiger partial charge in [0.25, 0.3) is 15.9 Å². The summed E-state index contributed by atoms with van der Waals surface area (Å²) < 4.78 is 27.7. The van der Waals surface area contributed by atoms with Crippen LogP contribution in [0.5, 0.6) is 0 Å². The number of hydrogen-bond donors (Lipinski definition) is 2. The van der Waals surface area contributed by atoms with Crippen LogP contribution in [0.2, 0.25) is 5.02 Å². The minimum atomic E-state index is -3.87. The van der Waals surface area contributed by atoms with Gasteiger partial charge >= 0.3 is 0 Å². The third-order valence-corrected chi connectivity index (χ3v) is 5.54. The van der Waals surface area contributed by atoms with Crippen LogP contribution >= 0.6 is 11.6 Å². The monoisotopic (exact) mass is 428 g/mol. The van der Waals surface area contributed by atoms with Crippen molar-refractivity contribution in [1.82, 2.24) is 10.4 Å². The molecule has 3 aromatic rings. The second-order valence-electron chi connectivity index (χ2n) is 6.02. The van der Waals surface area contributed by atoms with Crippen LogP contribution in [-0.4, -0.2) is 25.0 Å². The normalized spacial score (nSPS) is 11.7. The molecule has 7 nitrogen and oxygen atoms in total. The van der Waals surface area contributed by atoms with Crippen molar-refractivity contribution in [3.8, 4) is 0 Å². The first kappa shape index (κ1) is 20.5. The van der Waals surface area contributed by atoms with E-state index >= 15 is 0 Å². The maximum absolute atomic E-state index is 12.6. The highest BCUT2D eigenvalue weighted by Crippen LogP contribution is 2.19. The van der Waals surface area contributed by atoms with Crippen LogP contribution in [0.3, 0.4) is 0 Å². The van der Waals surface area contributed by atoms with Gasteiger partial charge in [-0.3, -0.25) is 14.5 Å². The van der Waals surface area contributed by atoms with Gasteiger partial charge in [-0.25, -0.2) is 13.8 Å². The number of aromatic nitrogens is 1. The molecule has 0 bridgehead atoms. The predicted octanol–water partition coefficient (Wildman–Crippen LogP) is 3.69. The van der Waals surface area contributed by atoms with E-state index in [0.29, 0.717) is 16.4 Å². The molecule has 0 saturated heterocycles. The molecule has 1 aromatic heterocycles. The minimum Gasteiger partial charge on any atom is -0.280 e. The third-order valence-electron chi connectivity index (χ3n) is 3.91. The van der Waals surface area contributed by atoms with Crippen molar-refractivity contribution in [2.24, 2.45) is 5.10 Å². The summed E-state index contributed by atoms with van der Waals surface area (Å²) >= 11 is 5.81. The van der Waals surface area contributed by atoms with E-state index < -0.39 is 15.9 Å². The molecule has 0 fully saturated rings. The number of pyridine rings is 1. The summed E-state index contributed by atoms with van der Waals surface area (Å²) in [6.07, 6.45) is 3.26. The minimum absolute atomic E-state index is 0.0481. The Morgan fingerprint density at radius 3 is 2.45 bits per heavy atom. The first-order valence-electron chi connectivity index (χ1n) is 8.49. The van der Waals surface area contributed by atoms with Crippen molar-refractivity contribution in [2.45, 2.75) is 11.8 Å². The number of carbonyl (C=O) groups is 1. The van der Waals surface area contributed by atoms with E-state index in [-0.39, 0.29) is 10.5 Å². The Kier molecular flexibility index (Phi) is 6.26. The van der Waals surface area contributed by atoms with Crippen molar-refractivity contribution in [1.29, 1.82) is 0 Å². The van der Waals surface area contributed by atoms with Gasteiger partial charge in [-0.05, 0) is 55.5 Å². The Hall–Kier alpha value is -3.23. The number of rotatable bonds is 6. The lowest BCUT2D eigenvalue weighted by Crippen LogP contribution is -2.20. The SMILES string of the molecule is C/C(=N/NC(=O)c1cccc(S(=O)(=O)Nc2ccc(Cl)cc2)c1)c1cccnc1. The predicted molar refractivity (Wildman–Crippen MR) is 113 cm³/mol. The molecule has 9 heteroatoms. The number of amides is 1. The molecule has 0 saturated carbocycles. The number of hydrogen-bond acceptors (Lipinski definition) is 5. The average Bonchev–Trinajstić information content (AvgIpc) is 2.74. The van der Waals surface area contributed by atoms with Crippen molar-refractivity contribution in [2.75, 3.05) is 4.72 Å². The molecule has 0 atom stereocenters. The van der Waals surface area contributed by atoms with Crippen molar-refractivity contribution >= 4 is 38.9 Å². The second-order valence-corrected chi connectivity index (χ2v) is 8.14. The smallest absolute Gasteiger partial charge is 0.271 e. The maximum atomic E-state index is 12.6. The van der Waals surface area contributed by atoms with Gasteiger partial charge in [-0.1, -0.05) is 23.7 Å². The zero-order valence-corrected chi connectivity index (χ0v) is 16.9. The molecule has 0 aliphatic rings. The number of anilines is 1. The fraction of sp³-hybridized carbons (Fsp3) is 0.0500. The first-order valence-corrected chi connectivity index (χ1v) is 10.3. The van der Waals surface area contributed by atoms with Gasteiger partial charge in [0.2, 0.25) is 0 Å². The quantitative estimate of drug-likeness (QED) is 0.461.